The van der Waals surface area contributed by atoms with Crippen LogP contribution in [0.1, 0.15) is 34.5 Å². The third kappa shape index (κ3) is 2.97. The lowest BCUT2D eigenvalue weighted by atomic mass is 9.95. The molecule has 0 unspecified atom stereocenters. The van der Waals surface area contributed by atoms with Crippen LogP contribution in [0.4, 0.5) is 0 Å². The van der Waals surface area contributed by atoms with Crippen molar-refractivity contribution in [2.24, 2.45) is 5.73 Å². The zero-order chi connectivity index (χ0) is 12.3. The van der Waals surface area contributed by atoms with Crippen molar-refractivity contribution in [3.8, 4) is 0 Å². The van der Waals surface area contributed by atoms with Crippen LogP contribution in [0.2, 0.25) is 0 Å². The van der Waals surface area contributed by atoms with E-state index in [1.54, 1.807) is 0 Å². The predicted molar refractivity (Wildman–Crippen MR) is 76.2 cm³/mol. The molecule has 18 heavy (non-hydrogen) atoms. The molecule has 0 aliphatic carbocycles. The summed E-state index contributed by atoms with van der Waals surface area (Å²) in [7, 11) is 0. The molecule has 2 aromatic rings. The number of hydrogen-bond acceptors (Lipinski definition) is 2. The number of nitrogens with two attached hydrogens (primary N) is 1. The summed E-state index contributed by atoms with van der Waals surface area (Å²) >= 11 is 0. The first kappa shape index (κ1) is 14.4. The van der Waals surface area contributed by atoms with Gasteiger partial charge in [0.1, 0.15) is 0 Å². The molecule has 3 heteroatoms. The first-order valence-corrected chi connectivity index (χ1v) is 5.64. The summed E-state index contributed by atoms with van der Waals surface area (Å²) in [4.78, 5) is 12.3. The molecule has 0 radical (unpaired) electrons. The average molecular weight is 262 g/mol. The Balaban J connectivity index is 0.00000162. The number of carbonyl (C=O) groups excluding carboxylic acids is 1. The van der Waals surface area contributed by atoms with Gasteiger partial charge in [0.15, 0.2) is 5.78 Å². The van der Waals surface area contributed by atoms with Gasteiger partial charge in [0.25, 0.3) is 0 Å². The van der Waals surface area contributed by atoms with Crippen LogP contribution in [0, 0.1) is 0 Å². The molecule has 2 rings (SSSR count). The molecule has 0 aliphatic heterocycles. The molecule has 2 N–H and O–H groups in total. The summed E-state index contributed by atoms with van der Waals surface area (Å²) < 4.78 is 0. The van der Waals surface area contributed by atoms with Gasteiger partial charge in [0.2, 0.25) is 0 Å². The van der Waals surface area contributed by atoms with Crippen LogP contribution in [0.5, 0.6) is 0 Å². The Bertz CT molecular complexity index is 523. The van der Waals surface area contributed by atoms with E-state index in [9.17, 15) is 4.79 Å². The van der Waals surface area contributed by atoms with Crippen molar-refractivity contribution < 1.29 is 4.79 Å². The maximum absolute atomic E-state index is 12.3. The van der Waals surface area contributed by atoms with Gasteiger partial charge in [-0.25, -0.2) is 0 Å². The highest BCUT2D eigenvalue weighted by Crippen LogP contribution is 2.19. The fraction of sp³-hybridized carbons (Fsp3) is 0.133. The maximum Gasteiger partial charge on any atom is 0.193 e. The zero-order valence-electron chi connectivity index (χ0n) is 10.2. The monoisotopic (exact) mass is 261 g/mol. The number of hydrogen-bond donors (Lipinski definition) is 1. The number of ketones is 1. The normalized spacial score (nSPS) is 11.4. The minimum atomic E-state index is -0.140. The SMILES string of the molecule is C[C@@H](N)c1ccccc1C(=O)c1ccccc1.Cl. The molecule has 0 spiro atoms. The fourth-order valence-electron chi connectivity index (χ4n) is 1.85. The quantitative estimate of drug-likeness (QED) is 0.861. The second-order valence-corrected chi connectivity index (χ2v) is 4.07. The summed E-state index contributed by atoms with van der Waals surface area (Å²) in [6.45, 7) is 1.89. The molecular weight excluding hydrogens is 246 g/mol. The Morgan fingerprint density at radius 2 is 1.56 bits per heavy atom. The molecule has 0 aliphatic rings. The zero-order valence-corrected chi connectivity index (χ0v) is 11.0. The largest absolute Gasteiger partial charge is 0.324 e. The van der Waals surface area contributed by atoms with E-state index in [4.69, 9.17) is 5.73 Å². The Morgan fingerprint density at radius 3 is 2.17 bits per heavy atom. The molecule has 0 amide bonds. The second kappa shape index (κ2) is 6.34. The van der Waals surface area contributed by atoms with Gasteiger partial charge in [-0.2, -0.15) is 0 Å². The standard InChI is InChI=1S/C15H15NO.ClH/c1-11(16)13-9-5-6-10-14(13)15(17)12-7-3-2-4-8-12;/h2-11H,16H2,1H3;1H/t11-;/m1./s1. The van der Waals surface area contributed by atoms with Gasteiger partial charge in [0, 0.05) is 17.2 Å². The molecule has 2 aromatic carbocycles. The van der Waals surface area contributed by atoms with Crippen molar-refractivity contribution >= 4 is 18.2 Å². The Labute approximate surface area is 113 Å². The van der Waals surface area contributed by atoms with Crippen LogP contribution in [0.15, 0.2) is 54.6 Å². The van der Waals surface area contributed by atoms with Crippen LogP contribution < -0.4 is 5.73 Å². The molecule has 0 aromatic heterocycles. The minimum absolute atomic E-state index is 0. The van der Waals surface area contributed by atoms with Gasteiger partial charge in [-0.05, 0) is 12.5 Å². The van der Waals surface area contributed by atoms with Crippen molar-refractivity contribution in [1.29, 1.82) is 0 Å². The molecular formula is C15H16ClNO. The highest BCUT2D eigenvalue weighted by molar-refractivity contribution is 6.09. The third-order valence-corrected chi connectivity index (χ3v) is 2.73. The van der Waals surface area contributed by atoms with Crippen LogP contribution in [0.25, 0.3) is 0 Å². The molecule has 0 fully saturated rings. The van der Waals surface area contributed by atoms with E-state index in [1.165, 1.54) is 0 Å². The first-order chi connectivity index (χ1) is 8.20. The highest BCUT2D eigenvalue weighted by atomic mass is 35.5. The number of halogens is 1. The van der Waals surface area contributed by atoms with Gasteiger partial charge in [-0.1, -0.05) is 54.6 Å². The lowest BCUT2D eigenvalue weighted by molar-refractivity contribution is 0.103. The van der Waals surface area contributed by atoms with Crippen LogP contribution in [-0.4, -0.2) is 5.78 Å². The van der Waals surface area contributed by atoms with Gasteiger partial charge < -0.3 is 5.73 Å². The summed E-state index contributed by atoms with van der Waals surface area (Å²) in [6.07, 6.45) is 0. The van der Waals surface area contributed by atoms with Gasteiger partial charge in [-0.3, -0.25) is 4.79 Å². The maximum atomic E-state index is 12.3. The van der Waals surface area contributed by atoms with Crippen molar-refractivity contribution in [3.05, 3.63) is 71.3 Å². The van der Waals surface area contributed by atoms with E-state index in [0.29, 0.717) is 11.1 Å². The Hall–Kier alpha value is -1.64. The molecule has 1 atom stereocenters. The van der Waals surface area contributed by atoms with E-state index < -0.39 is 0 Å². The minimum Gasteiger partial charge on any atom is -0.324 e. The van der Waals surface area contributed by atoms with Crippen molar-refractivity contribution in [3.63, 3.8) is 0 Å². The summed E-state index contributed by atoms with van der Waals surface area (Å²) in [5.41, 5.74) is 8.15. The predicted octanol–water partition coefficient (Wildman–Crippen LogP) is 3.36. The van der Waals surface area contributed by atoms with Crippen molar-refractivity contribution in [2.45, 2.75) is 13.0 Å². The third-order valence-electron chi connectivity index (χ3n) is 2.73. The molecule has 0 heterocycles. The second-order valence-electron chi connectivity index (χ2n) is 4.07. The molecule has 94 valence electrons. The molecule has 2 nitrogen and oxygen atoms in total. The summed E-state index contributed by atoms with van der Waals surface area (Å²) in [6, 6.07) is 16.6. The van der Waals surface area contributed by atoms with Crippen LogP contribution in [-0.2, 0) is 0 Å². The van der Waals surface area contributed by atoms with Gasteiger partial charge >= 0.3 is 0 Å². The number of rotatable bonds is 3. The smallest absolute Gasteiger partial charge is 0.193 e. The summed E-state index contributed by atoms with van der Waals surface area (Å²) in [5, 5.41) is 0. The molecule has 0 bridgehead atoms. The highest BCUT2D eigenvalue weighted by Gasteiger charge is 2.14. The number of carbonyl (C=O) groups is 1. The Morgan fingerprint density at radius 1 is 1.00 bits per heavy atom. The molecule has 0 saturated carbocycles. The van der Waals surface area contributed by atoms with E-state index in [0.717, 1.165) is 5.56 Å². The topological polar surface area (TPSA) is 43.1 Å². The Kier molecular flexibility index (Phi) is 5.08. The number of benzene rings is 2. The van der Waals surface area contributed by atoms with E-state index in [2.05, 4.69) is 0 Å². The summed E-state index contributed by atoms with van der Waals surface area (Å²) in [5.74, 6) is 0.0264. The lowest BCUT2D eigenvalue weighted by Gasteiger charge is -2.11. The molecule has 0 saturated heterocycles. The van der Waals surface area contributed by atoms with E-state index in [-0.39, 0.29) is 24.2 Å². The average Bonchev–Trinajstić information content (AvgIpc) is 2.39. The van der Waals surface area contributed by atoms with Crippen LogP contribution in [0.3, 0.4) is 0 Å². The van der Waals surface area contributed by atoms with Gasteiger partial charge in [-0.15, -0.1) is 12.4 Å². The van der Waals surface area contributed by atoms with Gasteiger partial charge in [0.05, 0.1) is 0 Å². The van der Waals surface area contributed by atoms with E-state index in [1.807, 2.05) is 61.5 Å². The van der Waals surface area contributed by atoms with E-state index >= 15 is 0 Å². The van der Waals surface area contributed by atoms with Crippen molar-refractivity contribution in [2.75, 3.05) is 0 Å². The lowest BCUT2D eigenvalue weighted by Crippen LogP contribution is -2.12. The fourth-order valence-corrected chi connectivity index (χ4v) is 1.85. The first-order valence-electron chi connectivity index (χ1n) is 5.64. The van der Waals surface area contributed by atoms with Crippen molar-refractivity contribution in [1.82, 2.24) is 0 Å². The van der Waals surface area contributed by atoms with Crippen LogP contribution >= 0.6 is 12.4 Å².